The first-order chi connectivity index (χ1) is 11.6. The molecule has 1 aromatic heterocycles. The number of nitrogens with one attached hydrogen (secondary N) is 1. The van der Waals surface area contributed by atoms with Crippen LogP contribution in [-0.2, 0) is 4.79 Å². The second-order valence-corrected chi connectivity index (χ2v) is 6.95. The van der Waals surface area contributed by atoms with Crippen molar-refractivity contribution >= 4 is 22.7 Å². The quantitative estimate of drug-likeness (QED) is 0.922. The van der Waals surface area contributed by atoms with Crippen molar-refractivity contribution in [1.29, 1.82) is 0 Å². The number of hydrogen-bond acceptors (Lipinski definition) is 3. The zero-order valence-corrected chi connectivity index (χ0v) is 13.7. The van der Waals surface area contributed by atoms with Crippen LogP contribution in [0.3, 0.4) is 0 Å². The number of piperidine rings is 1. The molecule has 0 unspecified atom stereocenters. The molecule has 1 saturated carbocycles. The monoisotopic (exact) mass is 323 g/mol. The van der Waals surface area contributed by atoms with E-state index in [0.717, 1.165) is 30.3 Å². The summed E-state index contributed by atoms with van der Waals surface area (Å²) in [5.74, 6) is 1.06. The average molecular weight is 323 g/mol. The van der Waals surface area contributed by atoms with Gasteiger partial charge in [-0.2, -0.15) is 0 Å². The summed E-state index contributed by atoms with van der Waals surface area (Å²) in [5, 5.41) is 3.92. The maximum absolute atomic E-state index is 13.0. The van der Waals surface area contributed by atoms with Crippen molar-refractivity contribution in [2.75, 3.05) is 13.6 Å². The molecule has 2 amide bonds. The van der Waals surface area contributed by atoms with E-state index >= 15 is 0 Å². The minimum absolute atomic E-state index is 0.0160. The number of benzene rings is 1. The van der Waals surface area contributed by atoms with E-state index in [0.29, 0.717) is 23.8 Å². The minimum atomic E-state index is 0.0160. The largest absolute Gasteiger partial charge is 0.356 e. The molecule has 0 spiro atoms. The fourth-order valence-electron chi connectivity index (χ4n) is 4.18. The number of hydrogen-bond donors (Lipinski definition) is 1. The standard InChI is InChI=1S/C19H21N3O2/c1-22(15-8-13-10-17(23)21-11-14(13)9-15)19(24)16-6-2-4-12-5-3-7-20-18(12)16/h2-7,13-15H,8-11H2,1H3,(H,21,23)/t13-,14+,15-/m1/s1. The molecule has 2 aliphatic rings. The Kier molecular flexibility index (Phi) is 3.71. The molecule has 1 aliphatic carbocycles. The molecular formula is C19H21N3O2. The molecular weight excluding hydrogens is 302 g/mol. The molecule has 1 saturated heterocycles. The molecule has 124 valence electrons. The summed E-state index contributed by atoms with van der Waals surface area (Å²) in [7, 11) is 1.88. The van der Waals surface area contributed by atoms with E-state index in [1.807, 2.05) is 42.3 Å². The number of para-hydroxylation sites is 1. The fraction of sp³-hybridized carbons (Fsp3) is 0.421. The highest BCUT2D eigenvalue weighted by Gasteiger charge is 2.40. The maximum Gasteiger partial charge on any atom is 0.256 e. The minimum Gasteiger partial charge on any atom is -0.356 e. The highest BCUT2D eigenvalue weighted by molar-refractivity contribution is 6.05. The van der Waals surface area contributed by atoms with Crippen LogP contribution >= 0.6 is 0 Å². The van der Waals surface area contributed by atoms with Gasteiger partial charge in [0.1, 0.15) is 0 Å². The predicted octanol–water partition coefficient (Wildman–Crippen LogP) is 2.22. The van der Waals surface area contributed by atoms with Gasteiger partial charge in [0.2, 0.25) is 5.91 Å². The first kappa shape index (κ1) is 15.1. The van der Waals surface area contributed by atoms with Crippen molar-refractivity contribution in [3.8, 4) is 0 Å². The molecule has 1 aromatic carbocycles. The molecule has 3 atom stereocenters. The van der Waals surface area contributed by atoms with E-state index in [1.54, 1.807) is 6.20 Å². The lowest BCUT2D eigenvalue weighted by molar-refractivity contribution is -0.124. The molecule has 4 rings (SSSR count). The van der Waals surface area contributed by atoms with Crippen molar-refractivity contribution in [1.82, 2.24) is 15.2 Å². The van der Waals surface area contributed by atoms with Gasteiger partial charge in [0.25, 0.3) is 5.91 Å². The Hall–Kier alpha value is -2.43. The van der Waals surface area contributed by atoms with E-state index in [9.17, 15) is 9.59 Å². The first-order valence-electron chi connectivity index (χ1n) is 8.51. The van der Waals surface area contributed by atoms with Gasteiger partial charge in [-0.25, -0.2) is 0 Å². The molecule has 0 radical (unpaired) electrons. The van der Waals surface area contributed by atoms with Gasteiger partial charge in [0.15, 0.2) is 0 Å². The molecule has 1 aliphatic heterocycles. The van der Waals surface area contributed by atoms with Crippen LogP contribution in [0.5, 0.6) is 0 Å². The molecule has 2 fully saturated rings. The van der Waals surface area contributed by atoms with Crippen molar-refractivity contribution in [3.63, 3.8) is 0 Å². The smallest absolute Gasteiger partial charge is 0.256 e. The molecule has 1 N–H and O–H groups in total. The van der Waals surface area contributed by atoms with Crippen LogP contribution < -0.4 is 5.32 Å². The molecule has 5 nitrogen and oxygen atoms in total. The van der Waals surface area contributed by atoms with Crippen LogP contribution in [0.4, 0.5) is 0 Å². The highest BCUT2D eigenvalue weighted by atomic mass is 16.2. The first-order valence-corrected chi connectivity index (χ1v) is 8.51. The molecule has 2 aromatic rings. The lowest BCUT2D eigenvalue weighted by Gasteiger charge is -2.25. The van der Waals surface area contributed by atoms with Gasteiger partial charge in [0.05, 0.1) is 11.1 Å². The number of nitrogens with zero attached hydrogens (tertiary/aromatic N) is 2. The second kappa shape index (κ2) is 5.89. The van der Waals surface area contributed by atoms with Gasteiger partial charge in [-0.15, -0.1) is 0 Å². The SMILES string of the molecule is CN(C(=O)c1cccc2cccnc12)[C@H]1C[C@H]2CNC(=O)C[C@H]2C1. The van der Waals surface area contributed by atoms with Gasteiger partial charge in [0, 0.05) is 37.6 Å². The van der Waals surface area contributed by atoms with Crippen molar-refractivity contribution in [2.24, 2.45) is 11.8 Å². The van der Waals surface area contributed by atoms with Crippen LogP contribution in [0.25, 0.3) is 10.9 Å². The number of amides is 2. The zero-order valence-electron chi connectivity index (χ0n) is 13.7. The lowest BCUT2D eigenvalue weighted by atomic mass is 9.89. The van der Waals surface area contributed by atoms with E-state index in [1.165, 1.54) is 0 Å². The molecule has 0 bridgehead atoms. The van der Waals surface area contributed by atoms with E-state index in [4.69, 9.17) is 0 Å². The summed E-state index contributed by atoms with van der Waals surface area (Å²) in [6.07, 6.45) is 4.20. The van der Waals surface area contributed by atoms with Gasteiger partial charge in [-0.1, -0.05) is 18.2 Å². The van der Waals surface area contributed by atoms with Gasteiger partial charge < -0.3 is 10.2 Å². The lowest BCUT2D eigenvalue weighted by Crippen LogP contribution is -2.38. The fourth-order valence-corrected chi connectivity index (χ4v) is 4.18. The Labute approximate surface area is 141 Å². The van der Waals surface area contributed by atoms with Gasteiger partial charge in [-0.3, -0.25) is 14.6 Å². The number of pyridine rings is 1. The maximum atomic E-state index is 13.0. The van der Waals surface area contributed by atoms with E-state index in [2.05, 4.69) is 10.3 Å². The zero-order chi connectivity index (χ0) is 16.7. The molecule has 5 heteroatoms. The third-order valence-corrected chi connectivity index (χ3v) is 5.56. The summed E-state index contributed by atoms with van der Waals surface area (Å²) in [6, 6.07) is 9.77. The van der Waals surface area contributed by atoms with Crippen molar-refractivity contribution in [2.45, 2.75) is 25.3 Å². The van der Waals surface area contributed by atoms with Crippen LogP contribution in [-0.4, -0.2) is 41.3 Å². The second-order valence-electron chi connectivity index (χ2n) is 6.95. The van der Waals surface area contributed by atoms with Crippen LogP contribution in [0, 0.1) is 11.8 Å². The third kappa shape index (κ3) is 2.54. The summed E-state index contributed by atoms with van der Waals surface area (Å²) >= 11 is 0. The summed E-state index contributed by atoms with van der Waals surface area (Å²) in [4.78, 5) is 30.8. The van der Waals surface area contributed by atoms with Gasteiger partial charge in [-0.05, 0) is 36.8 Å². The number of carbonyl (C=O) groups is 2. The number of rotatable bonds is 2. The van der Waals surface area contributed by atoms with Crippen molar-refractivity contribution < 1.29 is 9.59 Å². The number of carbonyl (C=O) groups excluding carboxylic acids is 2. The van der Waals surface area contributed by atoms with Gasteiger partial charge >= 0.3 is 0 Å². The Morgan fingerprint density at radius 1 is 1.21 bits per heavy atom. The van der Waals surface area contributed by atoms with E-state index < -0.39 is 0 Å². The number of fused-ring (bicyclic) bond motifs is 2. The van der Waals surface area contributed by atoms with Crippen LogP contribution in [0.1, 0.15) is 29.6 Å². The van der Waals surface area contributed by atoms with Crippen LogP contribution in [0.15, 0.2) is 36.5 Å². The molecule has 24 heavy (non-hydrogen) atoms. The van der Waals surface area contributed by atoms with Crippen molar-refractivity contribution in [3.05, 3.63) is 42.1 Å². The molecule has 2 heterocycles. The topological polar surface area (TPSA) is 62.3 Å². The average Bonchev–Trinajstić information content (AvgIpc) is 3.03. The summed E-state index contributed by atoms with van der Waals surface area (Å²) < 4.78 is 0. The highest BCUT2D eigenvalue weighted by Crippen LogP contribution is 2.38. The Bertz CT molecular complexity index is 799. The Morgan fingerprint density at radius 2 is 2.00 bits per heavy atom. The Morgan fingerprint density at radius 3 is 2.88 bits per heavy atom. The summed E-state index contributed by atoms with van der Waals surface area (Å²) in [5.41, 5.74) is 1.41. The number of aromatic nitrogens is 1. The predicted molar refractivity (Wildman–Crippen MR) is 91.5 cm³/mol. The van der Waals surface area contributed by atoms with Crippen LogP contribution in [0.2, 0.25) is 0 Å². The Balaban J connectivity index is 1.57. The van der Waals surface area contributed by atoms with E-state index in [-0.39, 0.29) is 17.9 Å². The summed E-state index contributed by atoms with van der Waals surface area (Å²) in [6.45, 7) is 0.748. The normalized spacial score (nSPS) is 26.0. The third-order valence-electron chi connectivity index (χ3n) is 5.56.